The normalized spacial score (nSPS) is 16.7. The molecule has 1 aliphatic rings. The molecule has 1 aromatic rings. The summed E-state index contributed by atoms with van der Waals surface area (Å²) < 4.78 is 4.73. The Kier molecular flexibility index (Phi) is 6.10. The standard InChI is InChI=1S/C16H20N4O6/c1-10-3-2-6-19(8-10)12-5-4-11(7-13(12)20(24)25)15(22)26-9-14(21)18-16(17)23/h4-5,7,10H,2-3,6,8-9H2,1H3,(H3,17,18,21,23)/t10-/m0/s1. The molecular formula is C16H20N4O6. The van der Waals surface area contributed by atoms with E-state index in [0.29, 0.717) is 24.7 Å². The van der Waals surface area contributed by atoms with Crippen molar-refractivity contribution in [2.45, 2.75) is 19.8 Å². The first-order chi connectivity index (χ1) is 12.3. The highest BCUT2D eigenvalue weighted by atomic mass is 16.6. The molecule has 0 radical (unpaired) electrons. The fourth-order valence-electron chi connectivity index (χ4n) is 2.86. The number of nitrogens with zero attached hydrogens (tertiary/aromatic N) is 2. The molecule has 0 spiro atoms. The molecule has 0 aromatic heterocycles. The molecule has 26 heavy (non-hydrogen) atoms. The van der Waals surface area contributed by atoms with Crippen molar-refractivity contribution in [3.8, 4) is 0 Å². The van der Waals surface area contributed by atoms with Crippen molar-refractivity contribution in [3.05, 3.63) is 33.9 Å². The first-order valence-electron chi connectivity index (χ1n) is 8.07. The van der Waals surface area contributed by atoms with Crippen molar-refractivity contribution in [1.29, 1.82) is 0 Å². The molecule has 0 unspecified atom stereocenters. The van der Waals surface area contributed by atoms with E-state index in [2.05, 4.69) is 6.92 Å². The fourth-order valence-corrected chi connectivity index (χ4v) is 2.86. The Hall–Kier alpha value is -3.17. The summed E-state index contributed by atoms with van der Waals surface area (Å²) in [6.45, 7) is 2.78. The lowest BCUT2D eigenvalue weighted by Gasteiger charge is -2.32. The van der Waals surface area contributed by atoms with E-state index in [0.717, 1.165) is 18.9 Å². The number of piperidine rings is 1. The first-order valence-corrected chi connectivity index (χ1v) is 8.07. The maximum absolute atomic E-state index is 12.0. The summed E-state index contributed by atoms with van der Waals surface area (Å²) in [5.41, 5.74) is 4.96. The maximum Gasteiger partial charge on any atom is 0.338 e. The highest BCUT2D eigenvalue weighted by molar-refractivity contribution is 5.97. The average molecular weight is 364 g/mol. The van der Waals surface area contributed by atoms with Crippen LogP contribution in [0, 0.1) is 16.0 Å². The topological polar surface area (TPSA) is 145 Å². The van der Waals surface area contributed by atoms with Gasteiger partial charge < -0.3 is 15.4 Å². The van der Waals surface area contributed by atoms with Crippen LogP contribution < -0.4 is 16.0 Å². The Morgan fingerprint density at radius 3 is 2.77 bits per heavy atom. The molecule has 1 aromatic carbocycles. The highest BCUT2D eigenvalue weighted by Crippen LogP contribution is 2.32. The molecule has 10 heteroatoms. The molecule has 2 rings (SSSR count). The van der Waals surface area contributed by atoms with Crippen LogP contribution in [0.1, 0.15) is 30.1 Å². The zero-order chi connectivity index (χ0) is 19.3. The number of nitro groups is 1. The van der Waals surface area contributed by atoms with E-state index in [1.165, 1.54) is 12.1 Å². The van der Waals surface area contributed by atoms with Crippen LogP contribution in [0.4, 0.5) is 16.2 Å². The van der Waals surface area contributed by atoms with Crippen LogP contribution in [0.2, 0.25) is 0 Å². The van der Waals surface area contributed by atoms with Gasteiger partial charge >= 0.3 is 12.0 Å². The van der Waals surface area contributed by atoms with E-state index >= 15 is 0 Å². The molecule has 0 aliphatic carbocycles. The predicted octanol–water partition coefficient (Wildman–Crippen LogP) is 1.18. The molecule has 1 heterocycles. The number of nitro benzene ring substituents is 1. The van der Waals surface area contributed by atoms with Gasteiger partial charge in [-0.2, -0.15) is 0 Å². The third kappa shape index (κ3) is 4.91. The van der Waals surface area contributed by atoms with Crippen molar-refractivity contribution in [1.82, 2.24) is 5.32 Å². The number of anilines is 1. The number of benzene rings is 1. The number of rotatable bonds is 5. The third-order valence-electron chi connectivity index (χ3n) is 4.00. The molecule has 0 saturated carbocycles. The van der Waals surface area contributed by atoms with Crippen LogP contribution in [0.3, 0.4) is 0 Å². The number of amides is 3. The van der Waals surface area contributed by atoms with Gasteiger partial charge in [-0.1, -0.05) is 6.92 Å². The van der Waals surface area contributed by atoms with Gasteiger partial charge in [0.15, 0.2) is 6.61 Å². The summed E-state index contributed by atoms with van der Waals surface area (Å²) in [5, 5.41) is 13.2. The Bertz CT molecular complexity index is 735. The zero-order valence-electron chi connectivity index (χ0n) is 14.3. The van der Waals surface area contributed by atoms with Crippen molar-refractivity contribution >= 4 is 29.3 Å². The van der Waals surface area contributed by atoms with Gasteiger partial charge in [-0.15, -0.1) is 0 Å². The number of hydrogen-bond acceptors (Lipinski definition) is 7. The summed E-state index contributed by atoms with van der Waals surface area (Å²) in [6, 6.07) is 2.98. The van der Waals surface area contributed by atoms with Crippen molar-refractivity contribution in [2.24, 2.45) is 11.7 Å². The Labute approximate surface area is 149 Å². The van der Waals surface area contributed by atoms with Gasteiger partial charge in [0.1, 0.15) is 5.69 Å². The molecule has 3 amide bonds. The van der Waals surface area contributed by atoms with Gasteiger partial charge in [0.05, 0.1) is 10.5 Å². The van der Waals surface area contributed by atoms with Crippen molar-refractivity contribution < 1.29 is 24.0 Å². The van der Waals surface area contributed by atoms with Crippen LogP contribution >= 0.6 is 0 Å². The van der Waals surface area contributed by atoms with Gasteiger partial charge in [0, 0.05) is 19.2 Å². The SMILES string of the molecule is C[C@H]1CCCN(c2ccc(C(=O)OCC(=O)NC(N)=O)cc2[N+](=O)[O-])C1. The number of ether oxygens (including phenoxy) is 1. The van der Waals surface area contributed by atoms with Gasteiger partial charge in [-0.3, -0.25) is 20.2 Å². The van der Waals surface area contributed by atoms with Crippen LogP contribution in [0.25, 0.3) is 0 Å². The van der Waals surface area contributed by atoms with Crippen LogP contribution in [0.15, 0.2) is 18.2 Å². The van der Waals surface area contributed by atoms with E-state index in [1.807, 2.05) is 4.90 Å². The van der Waals surface area contributed by atoms with Gasteiger partial charge in [-0.05, 0) is 30.9 Å². The summed E-state index contributed by atoms with van der Waals surface area (Å²) in [4.78, 5) is 46.6. The maximum atomic E-state index is 12.0. The quantitative estimate of drug-likeness (QED) is 0.453. The number of hydrogen-bond donors (Lipinski definition) is 2. The average Bonchev–Trinajstić information content (AvgIpc) is 2.58. The van der Waals surface area contributed by atoms with Crippen LogP contribution in [-0.4, -0.2) is 42.5 Å². The van der Waals surface area contributed by atoms with Crippen molar-refractivity contribution in [2.75, 3.05) is 24.6 Å². The van der Waals surface area contributed by atoms with E-state index in [4.69, 9.17) is 10.5 Å². The van der Waals surface area contributed by atoms with Crippen LogP contribution in [0.5, 0.6) is 0 Å². The minimum atomic E-state index is -1.07. The van der Waals surface area contributed by atoms with E-state index in [1.54, 1.807) is 5.32 Å². The molecular weight excluding hydrogens is 344 g/mol. The molecule has 1 aliphatic heterocycles. The Balaban J connectivity index is 2.14. The summed E-state index contributed by atoms with van der Waals surface area (Å²) >= 11 is 0. The number of carbonyl (C=O) groups is 3. The number of primary amides is 1. The lowest BCUT2D eigenvalue weighted by Crippen LogP contribution is -2.37. The van der Waals surface area contributed by atoms with E-state index < -0.39 is 29.4 Å². The second-order valence-corrected chi connectivity index (χ2v) is 6.14. The van der Waals surface area contributed by atoms with Gasteiger partial charge in [-0.25, -0.2) is 9.59 Å². The first kappa shape index (κ1) is 19.2. The molecule has 3 N–H and O–H groups in total. The van der Waals surface area contributed by atoms with Crippen molar-refractivity contribution in [3.63, 3.8) is 0 Å². The molecule has 1 atom stereocenters. The zero-order valence-corrected chi connectivity index (χ0v) is 14.3. The fraction of sp³-hybridized carbons (Fsp3) is 0.438. The smallest absolute Gasteiger partial charge is 0.338 e. The molecule has 1 saturated heterocycles. The molecule has 10 nitrogen and oxygen atoms in total. The van der Waals surface area contributed by atoms with E-state index in [9.17, 15) is 24.5 Å². The summed E-state index contributed by atoms with van der Waals surface area (Å²) in [7, 11) is 0. The second kappa shape index (κ2) is 8.28. The number of esters is 1. The monoisotopic (exact) mass is 364 g/mol. The summed E-state index contributed by atoms with van der Waals surface area (Å²) in [5.74, 6) is -1.37. The number of urea groups is 1. The number of nitrogens with one attached hydrogen (secondary N) is 1. The second-order valence-electron chi connectivity index (χ2n) is 6.14. The molecule has 1 fully saturated rings. The third-order valence-corrected chi connectivity index (χ3v) is 4.00. The molecule has 0 bridgehead atoms. The highest BCUT2D eigenvalue weighted by Gasteiger charge is 2.25. The lowest BCUT2D eigenvalue weighted by atomic mass is 9.99. The number of nitrogens with two attached hydrogens (primary N) is 1. The Morgan fingerprint density at radius 2 is 2.15 bits per heavy atom. The minimum absolute atomic E-state index is 0.0580. The van der Waals surface area contributed by atoms with Gasteiger partial charge in [0.2, 0.25) is 0 Å². The minimum Gasteiger partial charge on any atom is -0.452 e. The number of carbonyl (C=O) groups excluding carboxylic acids is 3. The number of imide groups is 1. The van der Waals surface area contributed by atoms with E-state index in [-0.39, 0.29) is 11.3 Å². The largest absolute Gasteiger partial charge is 0.452 e. The molecule has 140 valence electrons. The van der Waals surface area contributed by atoms with Crippen LogP contribution in [-0.2, 0) is 9.53 Å². The predicted molar refractivity (Wildman–Crippen MR) is 91.7 cm³/mol. The summed E-state index contributed by atoms with van der Waals surface area (Å²) in [6.07, 6.45) is 2.01. The lowest BCUT2D eigenvalue weighted by molar-refractivity contribution is -0.384. The Morgan fingerprint density at radius 1 is 1.42 bits per heavy atom. The van der Waals surface area contributed by atoms with Gasteiger partial charge in [0.25, 0.3) is 11.6 Å².